The number of nitrogens with two attached hydrogens (primary N) is 1. The summed E-state index contributed by atoms with van der Waals surface area (Å²) in [6.45, 7) is 4.11. The molecule has 1 saturated heterocycles. The van der Waals surface area contributed by atoms with Gasteiger partial charge in [-0.15, -0.1) is 24.8 Å². The Bertz CT molecular complexity index is 625. The van der Waals surface area contributed by atoms with Crippen LogP contribution in [0.3, 0.4) is 0 Å². The zero-order valence-corrected chi connectivity index (χ0v) is 14.0. The molecule has 0 amide bonds. The molecule has 4 N–H and O–H groups in total. The molecule has 7 heteroatoms. The Morgan fingerprint density at radius 2 is 2.09 bits per heavy atom. The summed E-state index contributed by atoms with van der Waals surface area (Å²) in [4.78, 5) is 5.48. The number of rotatable bonds is 2. The summed E-state index contributed by atoms with van der Waals surface area (Å²) in [6.07, 6.45) is 0.300. The third-order valence-electron chi connectivity index (χ3n) is 4.04. The van der Waals surface area contributed by atoms with E-state index in [-0.39, 0.29) is 42.8 Å². The van der Waals surface area contributed by atoms with Crippen LogP contribution in [-0.4, -0.2) is 40.2 Å². The highest BCUT2D eigenvalue weighted by Crippen LogP contribution is 2.24. The molecule has 1 aliphatic heterocycles. The van der Waals surface area contributed by atoms with Crippen LogP contribution in [0, 0.1) is 12.7 Å². The summed E-state index contributed by atoms with van der Waals surface area (Å²) in [6, 6.07) is 4.79. The van der Waals surface area contributed by atoms with Crippen LogP contribution in [0.1, 0.15) is 17.7 Å². The Labute approximate surface area is 141 Å². The Morgan fingerprint density at radius 1 is 1.36 bits per heavy atom. The monoisotopic (exact) mass is 349 g/mol. The fourth-order valence-corrected chi connectivity index (χ4v) is 3.07. The van der Waals surface area contributed by atoms with Crippen LogP contribution in [0.5, 0.6) is 0 Å². The SMILES string of the molecule is Cc1c(CN2C[C@@H](N)C[C@@H](O)C2)[nH]c2ccc(F)cc12.Cl.Cl. The number of β-amino-alcohol motifs (C(OH)–C–C–N with tert-alkyl or cyclic N) is 1. The Morgan fingerprint density at radius 3 is 2.77 bits per heavy atom. The highest BCUT2D eigenvalue weighted by atomic mass is 35.5. The van der Waals surface area contributed by atoms with E-state index in [1.165, 1.54) is 6.07 Å². The van der Waals surface area contributed by atoms with Crippen LogP contribution in [0.4, 0.5) is 4.39 Å². The van der Waals surface area contributed by atoms with E-state index in [4.69, 9.17) is 5.73 Å². The number of aromatic amines is 1. The number of nitrogens with one attached hydrogen (secondary N) is 1. The number of aliphatic hydroxyl groups excluding tert-OH is 1. The molecule has 2 heterocycles. The van der Waals surface area contributed by atoms with E-state index in [0.29, 0.717) is 19.5 Å². The molecule has 0 radical (unpaired) electrons. The summed E-state index contributed by atoms with van der Waals surface area (Å²) < 4.78 is 13.3. The summed E-state index contributed by atoms with van der Waals surface area (Å²) >= 11 is 0. The van der Waals surface area contributed by atoms with Crippen LogP contribution in [-0.2, 0) is 6.54 Å². The number of hydrogen-bond donors (Lipinski definition) is 3. The van der Waals surface area contributed by atoms with Gasteiger partial charge in [-0.05, 0) is 37.1 Å². The van der Waals surface area contributed by atoms with Crippen molar-refractivity contribution in [1.29, 1.82) is 0 Å². The lowest BCUT2D eigenvalue weighted by molar-refractivity contribution is 0.0559. The standard InChI is InChI=1S/C15H20FN3O.2ClH/c1-9-13-4-10(16)2-3-14(13)18-15(9)8-19-6-11(17)5-12(20)7-19;;/h2-4,11-12,18,20H,5-8,17H2,1H3;2*1H/t11-,12+;;/m0../s1. The van der Waals surface area contributed by atoms with Gasteiger partial charge in [0, 0.05) is 42.3 Å². The fraction of sp³-hybridized carbons (Fsp3) is 0.467. The number of benzene rings is 1. The minimum atomic E-state index is -0.360. The lowest BCUT2D eigenvalue weighted by Gasteiger charge is -2.33. The van der Waals surface area contributed by atoms with Crippen molar-refractivity contribution < 1.29 is 9.50 Å². The summed E-state index contributed by atoms with van der Waals surface area (Å²) in [5.74, 6) is -0.221. The molecule has 4 nitrogen and oxygen atoms in total. The van der Waals surface area contributed by atoms with Crippen molar-refractivity contribution >= 4 is 35.7 Å². The first kappa shape index (κ1) is 19.2. The quantitative estimate of drug-likeness (QED) is 0.779. The second-order valence-electron chi connectivity index (χ2n) is 5.76. The van der Waals surface area contributed by atoms with Crippen molar-refractivity contribution in [1.82, 2.24) is 9.88 Å². The first-order valence-corrected chi connectivity index (χ1v) is 6.95. The zero-order chi connectivity index (χ0) is 14.3. The predicted molar refractivity (Wildman–Crippen MR) is 91.4 cm³/mol. The number of piperidine rings is 1. The third-order valence-corrected chi connectivity index (χ3v) is 4.04. The van der Waals surface area contributed by atoms with Gasteiger partial charge in [-0.1, -0.05) is 0 Å². The van der Waals surface area contributed by atoms with Crippen molar-refractivity contribution in [2.24, 2.45) is 5.73 Å². The molecule has 1 aromatic carbocycles. The smallest absolute Gasteiger partial charge is 0.123 e. The lowest BCUT2D eigenvalue weighted by Crippen LogP contribution is -2.48. The van der Waals surface area contributed by atoms with Gasteiger partial charge in [0.25, 0.3) is 0 Å². The number of hydrogen-bond acceptors (Lipinski definition) is 3. The lowest BCUT2D eigenvalue weighted by atomic mass is 10.0. The number of aromatic nitrogens is 1. The molecule has 0 unspecified atom stereocenters. The van der Waals surface area contributed by atoms with E-state index >= 15 is 0 Å². The van der Waals surface area contributed by atoms with E-state index in [1.807, 2.05) is 6.92 Å². The van der Waals surface area contributed by atoms with Gasteiger partial charge in [0.05, 0.1) is 6.10 Å². The minimum Gasteiger partial charge on any atom is -0.392 e. The summed E-state index contributed by atoms with van der Waals surface area (Å²) in [5, 5.41) is 10.7. The van der Waals surface area contributed by atoms with Crippen molar-refractivity contribution in [2.45, 2.75) is 32.0 Å². The second-order valence-corrected chi connectivity index (χ2v) is 5.76. The van der Waals surface area contributed by atoms with E-state index in [9.17, 15) is 9.50 Å². The number of nitrogens with zero attached hydrogens (tertiary/aromatic N) is 1. The molecule has 0 aliphatic carbocycles. The number of fused-ring (bicyclic) bond motifs is 1. The van der Waals surface area contributed by atoms with Gasteiger partial charge in [0.2, 0.25) is 0 Å². The highest BCUT2D eigenvalue weighted by Gasteiger charge is 2.24. The minimum absolute atomic E-state index is 0. The topological polar surface area (TPSA) is 65.3 Å². The molecule has 2 atom stereocenters. The van der Waals surface area contributed by atoms with Crippen LogP contribution in [0.15, 0.2) is 18.2 Å². The summed E-state index contributed by atoms with van der Waals surface area (Å²) in [5.41, 5.74) is 9.01. The van der Waals surface area contributed by atoms with Crippen LogP contribution < -0.4 is 5.73 Å². The van der Waals surface area contributed by atoms with Crippen molar-refractivity contribution in [3.05, 3.63) is 35.3 Å². The maximum atomic E-state index is 13.3. The molecule has 22 heavy (non-hydrogen) atoms. The van der Waals surface area contributed by atoms with Gasteiger partial charge in [-0.25, -0.2) is 4.39 Å². The zero-order valence-electron chi connectivity index (χ0n) is 12.4. The van der Waals surface area contributed by atoms with Gasteiger partial charge in [0.15, 0.2) is 0 Å². The molecular formula is C15H22Cl2FN3O. The summed E-state index contributed by atoms with van der Waals surface area (Å²) in [7, 11) is 0. The predicted octanol–water partition coefficient (Wildman–Crippen LogP) is 2.35. The molecular weight excluding hydrogens is 328 g/mol. The molecule has 1 aliphatic rings. The molecule has 124 valence electrons. The molecule has 0 saturated carbocycles. The Hall–Kier alpha value is -0.850. The Balaban J connectivity index is 0.00000121. The number of likely N-dealkylation sites (tertiary alicyclic amines) is 1. The first-order chi connectivity index (χ1) is 9.52. The van der Waals surface area contributed by atoms with Crippen LogP contribution in [0.2, 0.25) is 0 Å². The molecule has 0 spiro atoms. The maximum absolute atomic E-state index is 13.3. The van der Waals surface area contributed by atoms with Crippen molar-refractivity contribution in [3.8, 4) is 0 Å². The van der Waals surface area contributed by atoms with Crippen molar-refractivity contribution in [3.63, 3.8) is 0 Å². The third kappa shape index (κ3) is 3.91. The van der Waals surface area contributed by atoms with Gasteiger partial charge in [0.1, 0.15) is 5.82 Å². The van der Waals surface area contributed by atoms with E-state index in [2.05, 4.69) is 9.88 Å². The maximum Gasteiger partial charge on any atom is 0.123 e. The van der Waals surface area contributed by atoms with Gasteiger partial charge >= 0.3 is 0 Å². The second kappa shape index (κ2) is 7.62. The van der Waals surface area contributed by atoms with Crippen LogP contribution in [0.25, 0.3) is 10.9 Å². The van der Waals surface area contributed by atoms with E-state index < -0.39 is 0 Å². The fourth-order valence-electron chi connectivity index (χ4n) is 3.07. The highest BCUT2D eigenvalue weighted by molar-refractivity contribution is 5.86. The van der Waals surface area contributed by atoms with Gasteiger partial charge in [-0.2, -0.15) is 0 Å². The molecule has 1 fully saturated rings. The number of aliphatic hydroxyl groups is 1. The average molecular weight is 350 g/mol. The number of H-pyrrole nitrogens is 1. The molecule has 0 bridgehead atoms. The largest absolute Gasteiger partial charge is 0.392 e. The molecule has 3 rings (SSSR count). The van der Waals surface area contributed by atoms with Gasteiger partial charge in [-0.3, -0.25) is 4.90 Å². The first-order valence-electron chi connectivity index (χ1n) is 6.95. The van der Waals surface area contributed by atoms with Gasteiger partial charge < -0.3 is 15.8 Å². The van der Waals surface area contributed by atoms with E-state index in [0.717, 1.165) is 28.7 Å². The van der Waals surface area contributed by atoms with Crippen molar-refractivity contribution in [2.75, 3.05) is 13.1 Å². The number of aryl methyl sites for hydroxylation is 1. The molecule has 1 aromatic heterocycles. The number of halogens is 3. The normalized spacial score (nSPS) is 22.2. The van der Waals surface area contributed by atoms with Crippen LogP contribution >= 0.6 is 24.8 Å². The average Bonchev–Trinajstić information content (AvgIpc) is 2.65. The molecule has 2 aromatic rings. The van der Waals surface area contributed by atoms with E-state index in [1.54, 1.807) is 12.1 Å². The Kier molecular flexibility index (Phi) is 6.65.